The van der Waals surface area contributed by atoms with Gasteiger partial charge in [-0.05, 0) is 44.5 Å². The van der Waals surface area contributed by atoms with Crippen molar-refractivity contribution in [1.29, 1.82) is 0 Å². The number of likely N-dealkylation sites (N-methyl/N-ethyl adjacent to an activating group) is 1. The van der Waals surface area contributed by atoms with E-state index in [1.165, 1.54) is 38.0 Å². The Balaban J connectivity index is 1.94. The third-order valence-electron chi connectivity index (χ3n) is 8.00. The molecule has 1 aromatic rings. The molecule has 224 valence electrons. The Kier molecular flexibility index (Phi) is 7.03. The van der Waals surface area contributed by atoms with E-state index in [1.54, 1.807) is 0 Å². The predicted molar refractivity (Wildman–Crippen MR) is 134 cm³/mol. The third-order valence-corrected chi connectivity index (χ3v) is 8.96. The van der Waals surface area contributed by atoms with E-state index >= 15 is 0 Å². The average Bonchev–Trinajstić information content (AvgIpc) is 2.81. The second kappa shape index (κ2) is 9.49. The molecule has 4 rings (SSSR count). The first kappa shape index (κ1) is 30.4. The Labute approximate surface area is 231 Å². The Morgan fingerprint density at radius 3 is 2.20 bits per heavy atom. The minimum absolute atomic E-state index is 0.0194. The molecular weight excluding hydrogens is 577 g/mol. The normalized spacial score (nSPS) is 30.0. The summed E-state index contributed by atoms with van der Waals surface area (Å²) in [4.78, 5) is 69.1. The van der Waals surface area contributed by atoms with Gasteiger partial charge in [0, 0.05) is 25.7 Å². The third kappa shape index (κ3) is 4.28. The molecule has 17 heteroatoms. The molecule has 1 aromatic carbocycles. The molecule has 6 atom stereocenters. The molecule has 41 heavy (non-hydrogen) atoms. The molecule has 3 aliphatic carbocycles. The summed E-state index contributed by atoms with van der Waals surface area (Å²) >= 11 is 0. The topological polar surface area (TPSA) is 207 Å². The Bertz CT molecular complexity index is 1510. The quantitative estimate of drug-likeness (QED) is 0.161. The van der Waals surface area contributed by atoms with Crippen molar-refractivity contribution in [3.05, 3.63) is 17.2 Å². The van der Waals surface area contributed by atoms with Gasteiger partial charge in [0.1, 0.15) is 0 Å². The number of Topliss-reactive ketones (excluding diaryl/α,β-unsaturated/α-hetero) is 4. The van der Waals surface area contributed by atoms with Gasteiger partial charge in [-0.15, -0.1) is 0 Å². The van der Waals surface area contributed by atoms with Crippen LogP contribution in [0.1, 0.15) is 22.3 Å². The number of amides is 1. The van der Waals surface area contributed by atoms with Crippen molar-refractivity contribution < 1.29 is 54.9 Å². The first-order valence-electron chi connectivity index (χ1n) is 12.2. The van der Waals surface area contributed by atoms with Crippen LogP contribution in [-0.4, -0.2) is 92.8 Å². The van der Waals surface area contributed by atoms with Crippen molar-refractivity contribution in [2.24, 2.45) is 29.4 Å². The van der Waals surface area contributed by atoms with Crippen molar-refractivity contribution >= 4 is 50.5 Å². The number of benzene rings is 1. The monoisotopic (exact) mass is 604 g/mol. The second-order valence-electron chi connectivity index (χ2n) is 10.8. The minimum atomic E-state index is -6.31. The number of alkyl halides is 3. The van der Waals surface area contributed by atoms with Crippen LogP contribution >= 0.6 is 0 Å². The molecule has 2 saturated carbocycles. The highest BCUT2D eigenvalue weighted by Crippen LogP contribution is 2.53. The number of fused-ring (bicyclic) bond motifs is 3. The summed E-state index contributed by atoms with van der Waals surface area (Å²) in [6.07, 6.45) is -0.486. The van der Waals surface area contributed by atoms with Crippen molar-refractivity contribution in [1.82, 2.24) is 4.90 Å². The number of halogens is 3. The van der Waals surface area contributed by atoms with E-state index in [0.717, 1.165) is 6.07 Å². The number of carbonyl (C=O) groups is 5. The molecule has 0 heterocycles. The van der Waals surface area contributed by atoms with Crippen LogP contribution in [0.4, 0.5) is 24.5 Å². The highest BCUT2D eigenvalue weighted by molar-refractivity contribution is 7.88. The summed E-state index contributed by atoms with van der Waals surface area (Å²) in [5, 5.41) is 11.6. The molecule has 0 saturated heterocycles. The van der Waals surface area contributed by atoms with E-state index < -0.39 is 97.0 Å². The number of hydrogen-bond acceptors (Lipinski definition) is 12. The zero-order valence-electron chi connectivity index (χ0n) is 22.2. The van der Waals surface area contributed by atoms with Gasteiger partial charge in [0.2, 0.25) is 5.91 Å². The van der Waals surface area contributed by atoms with Crippen molar-refractivity contribution in [3.8, 4) is 5.75 Å². The van der Waals surface area contributed by atoms with Crippen LogP contribution in [-0.2, 0) is 35.7 Å². The highest BCUT2D eigenvalue weighted by atomic mass is 32.2. The minimum Gasteiger partial charge on any atom is -0.396 e. The smallest absolute Gasteiger partial charge is 0.396 e. The van der Waals surface area contributed by atoms with Gasteiger partial charge < -0.3 is 25.7 Å². The van der Waals surface area contributed by atoms with Crippen molar-refractivity contribution in [2.75, 3.05) is 38.8 Å². The van der Waals surface area contributed by atoms with E-state index in [0.29, 0.717) is 0 Å². The Morgan fingerprint density at radius 2 is 1.71 bits per heavy atom. The van der Waals surface area contributed by atoms with E-state index in [-0.39, 0.29) is 24.1 Å². The first-order valence-corrected chi connectivity index (χ1v) is 13.6. The number of rotatable bonds is 5. The maximum Gasteiger partial charge on any atom is 0.534 e. The lowest BCUT2D eigenvalue weighted by atomic mass is 9.52. The molecule has 0 aromatic heterocycles. The molecule has 3 aliphatic rings. The molecular formula is C24H27F3N4O9S. The van der Waals surface area contributed by atoms with Gasteiger partial charge in [-0.2, -0.15) is 21.6 Å². The summed E-state index contributed by atoms with van der Waals surface area (Å²) in [7, 11) is -0.425. The molecule has 5 N–H and O–H groups in total. The van der Waals surface area contributed by atoms with Crippen molar-refractivity contribution in [3.63, 3.8) is 0 Å². The van der Waals surface area contributed by atoms with E-state index in [4.69, 9.17) is 11.5 Å². The molecule has 5 unspecified atom stereocenters. The van der Waals surface area contributed by atoms with Crippen LogP contribution in [0.15, 0.2) is 6.07 Å². The lowest BCUT2D eigenvalue weighted by Crippen LogP contribution is -2.74. The Hall–Kier alpha value is -3.57. The van der Waals surface area contributed by atoms with Crippen molar-refractivity contribution in [2.45, 2.75) is 30.0 Å². The average molecular weight is 605 g/mol. The number of carbonyl (C=O) groups excluding carboxylic acids is 5. The number of nitrogens with two attached hydrogens (primary N) is 2. The summed E-state index contributed by atoms with van der Waals surface area (Å²) in [6, 6.07) is -0.213. The van der Waals surface area contributed by atoms with Crippen LogP contribution in [0.2, 0.25) is 0 Å². The van der Waals surface area contributed by atoms with Crippen LogP contribution < -0.4 is 20.6 Å². The standard InChI is InChI=1S/C24H27F3N4O9S/c1-30(2)12-7-11(28)19(40-41(38,39)24(25,26)27)14-9(12)5-8-6-10-16(31(3)4)18(33)15(22(29)36)21(35)23(10,37)20(34)13(8)17(14)32/h7-8,10,13,15-16,37H,5-6,28H2,1-4H3,(H2,29,36)/t8?,10?,13?,15?,16?,23-/m0/s1. The SMILES string of the molecule is CN(C)c1cc(N)c(OS(=O)(=O)C(F)(F)F)c2c1CC1CC3C(N(C)C)C(=O)C(C(N)=O)C(=O)[C@@]3(O)C(=O)C1C2=O. The van der Waals surface area contributed by atoms with Gasteiger partial charge >= 0.3 is 15.6 Å². The predicted octanol–water partition coefficient (Wildman–Crippen LogP) is -0.962. The molecule has 2 fully saturated rings. The van der Waals surface area contributed by atoms with Crippen LogP contribution in [0.25, 0.3) is 0 Å². The van der Waals surface area contributed by atoms with Gasteiger partial charge in [0.15, 0.2) is 40.4 Å². The van der Waals surface area contributed by atoms with Crippen LogP contribution in [0.5, 0.6) is 5.75 Å². The largest absolute Gasteiger partial charge is 0.534 e. The highest BCUT2D eigenvalue weighted by Gasteiger charge is 2.69. The number of nitrogen functional groups attached to an aromatic ring is 1. The number of anilines is 2. The van der Waals surface area contributed by atoms with E-state index in [9.17, 15) is 50.7 Å². The van der Waals surface area contributed by atoms with Gasteiger partial charge in [-0.1, -0.05) is 0 Å². The summed E-state index contributed by atoms with van der Waals surface area (Å²) in [6.45, 7) is 0. The first-order chi connectivity index (χ1) is 18.7. The zero-order valence-corrected chi connectivity index (χ0v) is 23.0. The molecule has 0 bridgehead atoms. The fraction of sp³-hybridized carbons (Fsp3) is 0.542. The molecule has 13 nitrogen and oxygen atoms in total. The van der Waals surface area contributed by atoms with Gasteiger partial charge in [0.25, 0.3) is 0 Å². The maximum absolute atomic E-state index is 13.9. The second-order valence-corrected chi connectivity index (χ2v) is 12.4. The summed E-state index contributed by atoms with van der Waals surface area (Å²) in [5.74, 6) is -14.0. The van der Waals surface area contributed by atoms with Crippen LogP contribution in [0.3, 0.4) is 0 Å². The maximum atomic E-state index is 13.9. The number of primary amides is 1. The molecule has 0 aliphatic heterocycles. The zero-order chi connectivity index (χ0) is 31.1. The Morgan fingerprint density at radius 1 is 1.12 bits per heavy atom. The number of hydrogen-bond donors (Lipinski definition) is 3. The molecule has 1 amide bonds. The fourth-order valence-corrected chi connectivity index (χ4v) is 6.80. The summed E-state index contributed by atoms with van der Waals surface area (Å²) in [5.41, 5.74) is 1.04. The van der Waals surface area contributed by atoms with E-state index in [1.807, 2.05) is 0 Å². The van der Waals surface area contributed by atoms with Gasteiger partial charge in [-0.25, -0.2) is 0 Å². The summed E-state index contributed by atoms with van der Waals surface area (Å²) < 4.78 is 67.7. The van der Waals surface area contributed by atoms with Crippen LogP contribution in [0, 0.1) is 23.7 Å². The van der Waals surface area contributed by atoms with Gasteiger partial charge in [-0.3, -0.25) is 28.9 Å². The van der Waals surface area contributed by atoms with Gasteiger partial charge in [0.05, 0.1) is 23.2 Å². The number of aliphatic hydroxyl groups is 1. The molecule has 0 radical (unpaired) electrons. The number of nitrogens with zero attached hydrogens (tertiary/aromatic N) is 2. The number of ketones is 4. The van der Waals surface area contributed by atoms with E-state index in [2.05, 4.69) is 4.18 Å². The lowest BCUT2D eigenvalue weighted by molar-refractivity contribution is -0.181. The fourth-order valence-electron chi connectivity index (χ4n) is 6.30. The lowest BCUT2D eigenvalue weighted by Gasteiger charge is -2.52. The molecule has 0 spiro atoms.